The molecule has 8 heteroatoms. The highest BCUT2D eigenvalue weighted by Crippen LogP contribution is 2.42. The first-order valence-electron chi connectivity index (χ1n) is 10.9. The average molecular weight is 455 g/mol. The average Bonchev–Trinajstić information content (AvgIpc) is 3.18. The smallest absolute Gasteiger partial charge is 0.271 e. The molecule has 1 fully saturated rings. The number of carbonyl (C=O) groups excluding carboxylic acids is 1. The predicted octanol–water partition coefficient (Wildman–Crippen LogP) is 4.29. The molecule has 1 saturated heterocycles. The van der Waals surface area contributed by atoms with E-state index in [2.05, 4.69) is 46.4 Å². The lowest BCUT2D eigenvalue weighted by atomic mass is 9.99. The number of hydrogen-bond donors (Lipinski definition) is 1. The molecule has 1 aromatic carbocycles. The summed E-state index contributed by atoms with van der Waals surface area (Å²) in [5.41, 5.74) is 3.87. The number of carbonyl (C=O) groups is 1. The molecule has 0 saturated carbocycles. The number of nitrogens with one attached hydrogen (secondary N) is 1. The first kappa shape index (κ1) is 20.7. The number of rotatable bonds is 5. The van der Waals surface area contributed by atoms with Gasteiger partial charge in [-0.1, -0.05) is 37.6 Å². The van der Waals surface area contributed by atoms with E-state index in [9.17, 15) is 9.59 Å². The van der Waals surface area contributed by atoms with Crippen LogP contribution in [0.25, 0.3) is 10.2 Å². The van der Waals surface area contributed by atoms with E-state index in [0.29, 0.717) is 28.2 Å². The molecule has 1 unspecified atom stereocenters. The van der Waals surface area contributed by atoms with Crippen LogP contribution in [0.5, 0.6) is 0 Å². The second-order valence-electron chi connectivity index (χ2n) is 8.19. The number of hydrogen-bond acceptors (Lipinski definition) is 6. The van der Waals surface area contributed by atoms with Crippen molar-refractivity contribution < 1.29 is 4.79 Å². The van der Waals surface area contributed by atoms with Crippen LogP contribution in [-0.4, -0.2) is 39.2 Å². The topological polar surface area (TPSA) is 67.2 Å². The van der Waals surface area contributed by atoms with Gasteiger partial charge in [0.15, 0.2) is 0 Å². The van der Waals surface area contributed by atoms with Crippen LogP contribution in [0.4, 0.5) is 5.69 Å². The number of amides is 1. The molecule has 5 rings (SSSR count). The number of fused-ring (bicyclic) bond motifs is 3. The summed E-state index contributed by atoms with van der Waals surface area (Å²) < 4.78 is 3.35. The van der Waals surface area contributed by atoms with Gasteiger partial charge in [-0.25, -0.2) is 4.98 Å². The molecule has 1 N–H and O–H groups in total. The number of piperidine rings is 1. The van der Waals surface area contributed by atoms with Gasteiger partial charge < -0.3 is 5.32 Å². The maximum atomic E-state index is 13.4. The van der Waals surface area contributed by atoms with Gasteiger partial charge in [0.25, 0.3) is 5.56 Å². The molecule has 0 spiro atoms. The Morgan fingerprint density at radius 3 is 2.65 bits per heavy atom. The molecule has 4 heterocycles. The molecule has 0 bridgehead atoms. The van der Waals surface area contributed by atoms with Gasteiger partial charge in [0.1, 0.15) is 10.2 Å². The zero-order valence-electron chi connectivity index (χ0n) is 17.6. The Morgan fingerprint density at radius 2 is 1.90 bits per heavy atom. The van der Waals surface area contributed by atoms with E-state index >= 15 is 0 Å². The molecule has 6 nitrogen and oxygen atoms in total. The van der Waals surface area contributed by atoms with Crippen LogP contribution >= 0.6 is 23.1 Å². The molecule has 0 aliphatic carbocycles. The Labute approximate surface area is 189 Å². The van der Waals surface area contributed by atoms with Crippen molar-refractivity contribution in [3.05, 3.63) is 52.1 Å². The second kappa shape index (κ2) is 8.76. The lowest BCUT2D eigenvalue weighted by molar-refractivity contribution is -0.113. The first-order valence-corrected chi connectivity index (χ1v) is 12.7. The van der Waals surface area contributed by atoms with Crippen LogP contribution in [0.3, 0.4) is 0 Å². The number of benzene rings is 1. The standard InChI is InChI=1S/C23H26N4O2S2/c1-2-15-6-8-16(9-7-15)17(26-10-4-3-5-11-26)12-27-14-24-19-20-23(30-13-18(28)25-20)31-21(19)22(27)29/h6-9,14,17H,2-5,10-13H2,1H3,(H,25,28). The maximum absolute atomic E-state index is 13.4. The van der Waals surface area contributed by atoms with Gasteiger partial charge in [0.05, 0.1) is 28.0 Å². The van der Waals surface area contributed by atoms with Crippen molar-refractivity contribution in [2.45, 2.75) is 49.4 Å². The monoisotopic (exact) mass is 454 g/mol. The number of anilines is 1. The van der Waals surface area contributed by atoms with Gasteiger partial charge >= 0.3 is 0 Å². The van der Waals surface area contributed by atoms with Gasteiger partial charge in [-0.2, -0.15) is 0 Å². The minimum atomic E-state index is -0.0381. The van der Waals surface area contributed by atoms with Crippen LogP contribution in [0.1, 0.15) is 43.4 Å². The second-order valence-corrected chi connectivity index (χ2v) is 10.5. The minimum absolute atomic E-state index is 0.0218. The highest BCUT2D eigenvalue weighted by atomic mass is 32.2. The number of nitrogens with zero attached hydrogens (tertiary/aromatic N) is 3. The summed E-state index contributed by atoms with van der Waals surface area (Å²) in [4.78, 5) is 32.3. The predicted molar refractivity (Wildman–Crippen MR) is 127 cm³/mol. The summed E-state index contributed by atoms with van der Waals surface area (Å²) in [7, 11) is 0. The Kier molecular flexibility index (Phi) is 5.86. The summed E-state index contributed by atoms with van der Waals surface area (Å²) >= 11 is 2.93. The van der Waals surface area contributed by atoms with Crippen molar-refractivity contribution in [3.8, 4) is 0 Å². The van der Waals surface area contributed by atoms with Crippen LogP contribution in [-0.2, 0) is 17.8 Å². The minimum Gasteiger partial charge on any atom is -0.322 e. The molecule has 162 valence electrons. The van der Waals surface area contributed by atoms with E-state index in [-0.39, 0.29) is 17.5 Å². The van der Waals surface area contributed by atoms with E-state index in [1.54, 1.807) is 10.9 Å². The van der Waals surface area contributed by atoms with Crippen molar-refractivity contribution in [2.24, 2.45) is 0 Å². The van der Waals surface area contributed by atoms with Crippen LogP contribution in [0.2, 0.25) is 0 Å². The number of likely N-dealkylation sites (tertiary alicyclic amines) is 1. The lowest BCUT2D eigenvalue weighted by Gasteiger charge is -2.35. The molecule has 3 aromatic rings. The summed E-state index contributed by atoms with van der Waals surface area (Å²) in [5, 5.41) is 2.89. The van der Waals surface area contributed by atoms with E-state index in [1.807, 2.05) is 0 Å². The lowest BCUT2D eigenvalue weighted by Crippen LogP contribution is -2.37. The van der Waals surface area contributed by atoms with E-state index < -0.39 is 0 Å². The fourth-order valence-electron chi connectivity index (χ4n) is 4.45. The maximum Gasteiger partial charge on any atom is 0.271 e. The Bertz CT molecular complexity index is 1160. The fraction of sp³-hybridized carbons (Fsp3) is 0.435. The SMILES string of the molecule is CCc1ccc(C(Cn2cnc3c4c(sc3c2=O)SCC(=O)N4)N2CCCCC2)cc1. The third-order valence-corrected chi connectivity index (χ3v) is 8.64. The molecule has 1 amide bonds. The quantitative estimate of drug-likeness (QED) is 0.623. The van der Waals surface area contributed by atoms with Crippen molar-refractivity contribution >= 4 is 44.9 Å². The molecule has 0 radical (unpaired) electrons. The number of aromatic nitrogens is 2. The van der Waals surface area contributed by atoms with Gasteiger partial charge in [0.2, 0.25) is 5.91 Å². The largest absolute Gasteiger partial charge is 0.322 e. The van der Waals surface area contributed by atoms with Gasteiger partial charge in [-0.15, -0.1) is 23.1 Å². The molecule has 31 heavy (non-hydrogen) atoms. The van der Waals surface area contributed by atoms with E-state index in [1.165, 1.54) is 53.5 Å². The fourth-order valence-corrected chi connectivity index (χ4v) is 6.63. The normalized spacial score (nSPS) is 18.0. The summed E-state index contributed by atoms with van der Waals surface area (Å²) in [6.45, 7) is 4.86. The molecular weight excluding hydrogens is 428 g/mol. The molecule has 2 aliphatic heterocycles. The van der Waals surface area contributed by atoms with Gasteiger partial charge in [-0.3, -0.25) is 19.1 Å². The zero-order valence-corrected chi connectivity index (χ0v) is 19.2. The number of thiophene rings is 1. The highest BCUT2D eigenvalue weighted by Gasteiger charge is 2.26. The van der Waals surface area contributed by atoms with Crippen molar-refractivity contribution in [2.75, 3.05) is 24.2 Å². The zero-order chi connectivity index (χ0) is 21.4. The molecule has 2 aromatic heterocycles. The van der Waals surface area contributed by atoms with Gasteiger partial charge in [-0.05, 0) is 43.5 Å². The van der Waals surface area contributed by atoms with Crippen molar-refractivity contribution in [1.29, 1.82) is 0 Å². The highest BCUT2D eigenvalue weighted by molar-refractivity contribution is 8.02. The Balaban J connectivity index is 1.51. The number of thioether (sulfide) groups is 1. The summed E-state index contributed by atoms with van der Waals surface area (Å²) in [6.07, 6.45) is 6.34. The van der Waals surface area contributed by atoms with E-state index in [4.69, 9.17) is 0 Å². The van der Waals surface area contributed by atoms with Crippen molar-refractivity contribution in [1.82, 2.24) is 14.5 Å². The molecule has 1 atom stereocenters. The van der Waals surface area contributed by atoms with Crippen molar-refractivity contribution in [3.63, 3.8) is 0 Å². The van der Waals surface area contributed by atoms with Crippen LogP contribution < -0.4 is 10.9 Å². The number of aryl methyl sites for hydroxylation is 1. The molecule has 2 aliphatic rings. The Morgan fingerprint density at radius 1 is 1.13 bits per heavy atom. The third kappa shape index (κ3) is 4.04. The third-order valence-electron chi connectivity index (χ3n) is 6.20. The van der Waals surface area contributed by atoms with E-state index in [0.717, 1.165) is 23.7 Å². The summed E-state index contributed by atoms with van der Waals surface area (Å²) in [6, 6.07) is 8.97. The van der Waals surface area contributed by atoms with Gasteiger partial charge in [0, 0.05) is 6.54 Å². The van der Waals surface area contributed by atoms with Crippen LogP contribution in [0, 0.1) is 0 Å². The first-order chi connectivity index (χ1) is 15.1. The Hall–Kier alpha value is -2.16. The molecular formula is C23H26N4O2S2. The van der Waals surface area contributed by atoms with Crippen LogP contribution in [0.15, 0.2) is 39.6 Å². The summed E-state index contributed by atoms with van der Waals surface area (Å²) in [5.74, 6) is 0.350.